The van der Waals surface area contributed by atoms with Gasteiger partial charge in [-0.2, -0.15) is 0 Å². The average molecular weight is 317 g/mol. The Morgan fingerprint density at radius 2 is 1.81 bits per heavy atom. The lowest BCUT2D eigenvalue weighted by Gasteiger charge is -2.09. The van der Waals surface area contributed by atoms with Crippen molar-refractivity contribution in [2.24, 2.45) is 0 Å². The van der Waals surface area contributed by atoms with E-state index in [9.17, 15) is 0 Å². The van der Waals surface area contributed by atoms with E-state index in [2.05, 4.69) is 16.1 Å². The second-order valence-corrected chi connectivity index (χ2v) is 6.07. The third-order valence-corrected chi connectivity index (χ3v) is 4.97. The molecule has 0 aliphatic carbocycles. The lowest BCUT2D eigenvalue weighted by atomic mass is 10.2. The summed E-state index contributed by atoms with van der Waals surface area (Å²) in [5.74, 6) is 1.48. The normalized spacial score (nSPS) is 10.8. The number of rotatable bonds is 4. The predicted octanol–water partition coefficient (Wildman–Crippen LogP) is 4.50. The first kappa shape index (κ1) is 14.1. The summed E-state index contributed by atoms with van der Waals surface area (Å²) in [7, 11) is 3.28. The zero-order valence-corrected chi connectivity index (χ0v) is 13.5. The lowest BCUT2D eigenvalue weighted by molar-refractivity contribution is 0.354. The number of aromatic nitrogens is 1. The van der Waals surface area contributed by atoms with Crippen molar-refractivity contribution in [1.29, 1.82) is 0 Å². The van der Waals surface area contributed by atoms with Gasteiger partial charge in [0, 0.05) is 5.39 Å². The summed E-state index contributed by atoms with van der Waals surface area (Å²) < 4.78 is 14.8. The first-order valence-corrected chi connectivity index (χ1v) is 7.71. The SMILES string of the molecule is COc1ccc(Cn2sc3ccccc3c2=S)cc1OC. The van der Waals surface area contributed by atoms with Crippen LogP contribution in [0.3, 0.4) is 0 Å². The van der Waals surface area contributed by atoms with Gasteiger partial charge in [-0.25, -0.2) is 0 Å². The summed E-state index contributed by atoms with van der Waals surface area (Å²) in [4.78, 5) is 0. The topological polar surface area (TPSA) is 23.4 Å². The van der Waals surface area contributed by atoms with Crippen LogP contribution in [0.1, 0.15) is 5.56 Å². The van der Waals surface area contributed by atoms with Gasteiger partial charge in [-0.3, -0.25) is 3.96 Å². The lowest BCUT2D eigenvalue weighted by Crippen LogP contribution is -1.98. The van der Waals surface area contributed by atoms with Crippen molar-refractivity contribution in [2.75, 3.05) is 14.2 Å². The fourth-order valence-electron chi connectivity index (χ4n) is 2.27. The van der Waals surface area contributed by atoms with Crippen molar-refractivity contribution in [2.45, 2.75) is 6.54 Å². The Morgan fingerprint density at radius 1 is 1.05 bits per heavy atom. The minimum absolute atomic E-state index is 0.735. The molecule has 0 atom stereocenters. The molecule has 3 nitrogen and oxygen atoms in total. The van der Waals surface area contributed by atoms with Crippen LogP contribution >= 0.6 is 23.8 Å². The van der Waals surface area contributed by atoms with Gasteiger partial charge in [0.25, 0.3) is 0 Å². The van der Waals surface area contributed by atoms with Crippen LogP contribution in [0.25, 0.3) is 10.1 Å². The van der Waals surface area contributed by atoms with Crippen LogP contribution in [0.4, 0.5) is 0 Å². The van der Waals surface area contributed by atoms with Gasteiger partial charge < -0.3 is 9.47 Å². The molecule has 0 radical (unpaired) electrons. The molecule has 0 saturated heterocycles. The maximum Gasteiger partial charge on any atom is 0.161 e. The van der Waals surface area contributed by atoms with Crippen LogP contribution in [0, 0.1) is 4.64 Å². The monoisotopic (exact) mass is 317 g/mol. The molecule has 5 heteroatoms. The number of benzene rings is 2. The first-order chi connectivity index (χ1) is 10.2. The number of methoxy groups -OCH3 is 2. The highest BCUT2D eigenvalue weighted by Crippen LogP contribution is 2.29. The van der Waals surface area contributed by atoms with Crippen LogP contribution in [-0.4, -0.2) is 18.2 Å². The van der Waals surface area contributed by atoms with Crippen molar-refractivity contribution in [3.63, 3.8) is 0 Å². The van der Waals surface area contributed by atoms with Crippen LogP contribution < -0.4 is 9.47 Å². The van der Waals surface area contributed by atoms with Crippen molar-refractivity contribution in [3.8, 4) is 11.5 Å². The Hall–Kier alpha value is -1.85. The second-order valence-electron chi connectivity index (χ2n) is 4.62. The van der Waals surface area contributed by atoms with Gasteiger partial charge >= 0.3 is 0 Å². The highest BCUT2D eigenvalue weighted by molar-refractivity contribution is 7.71. The molecule has 3 rings (SSSR count). The molecule has 0 aliphatic heterocycles. The van der Waals surface area contributed by atoms with Crippen LogP contribution in [-0.2, 0) is 6.54 Å². The van der Waals surface area contributed by atoms with Crippen molar-refractivity contribution in [3.05, 3.63) is 52.7 Å². The Bertz CT molecular complexity index is 836. The molecule has 0 saturated carbocycles. The molecular formula is C16H15NO2S2. The predicted molar refractivity (Wildman–Crippen MR) is 89.3 cm³/mol. The molecule has 0 bridgehead atoms. The molecule has 108 valence electrons. The quantitative estimate of drug-likeness (QED) is 0.662. The van der Waals surface area contributed by atoms with E-state index in [1.165, 1.54) is 4.70 Å². The van der Waals surface area contributed by atoms with E-state index >= 15 is 0 Å². The maximum absolute atomic E-state index is 5.55. The van der Waals surface area contributed by atoms with Crippen LogP contribution in [0.2, 0.25) is 0 Å². The Morgan fingerprint density at radius 3 is 2.52 bits per heavy atom. The molecule has 3 aromatic rings. The minimum atomic E-state index is 0.735. The van der Waals surface area contributed by atoms with Gasteiger partial charge in [-0.15, -0.1) is 0 Å². The first-order valence-electron chi connectivity index (χ1n) is 6.52. The van der Waals surface area contributed by atoms with Gasteiger partial charge in [-0.05, 0) is 23.8 Å². The zero-order chi connectivity index (χ0) is 14.8. The van der Waals surface area contributed by atoms with E-state index < -0.39 is 0 Å². The fourth-order valence-corrected chi connectivity index (χ4v) is 3.72. The number of hydrogen-bond donors (Lipinski definition) is 0. The second kappa shape index (κ2) is 5.87. The number of nitrogens with zero attached hydrogens (tertiary/aromatic N) is 1. The molecule has 2 aromatic carbocycles. The number of fused-ring (bicyclic) bond motifs is 1. The van der Waals surface area contributed by atoms with E-state index in [1.807, 2.05) is 30.3 Å². The summed E-state index contributed by atoms with van der Waals surface area (Å²) in [6.45, 7) is 0.735. The third kappa shape index (κ3) is 2.66. The standard InChI is InChI=1S/C16H15NO2S2/c1-18-13-8-7-11(9-14(13)19-2)10-17-16(20)12-5-3-4-6-15(12)21-17/h3-9H,10H2,1-2H3. The summed E-state index contributed by atoms with van der Waals surface area (Å²) in [6.07, 6.45) is 0. The highest BCUT2D eigenvalue weighted by atomic mass is 32.1. The van der Waals surface area contributed by atoms with E-state index in [1.54, 1.807) is 25.8 Å². The van der Waals surface area contributed by atoms with Gasteiger partial charge in [0.15, 0.2) is 11.5 Å². The summed E-state index contributed by atoms with van der Waals surface area (Å²) >= 11 is 7.24. The molecule has 0 fully saturated rings. The molecule has 0 spiro atoms. The number of hydrogen-bond acceptors (Lipinski definition) is 4. The molecular weight excluding hydrogens is 302 g/mol. The van der Waals surface area contributed by atoms with E-state index in [0.29, 0.717) is 0 Å². The molecule has 0 unspecified atom stereocenters. The average Bonchev–Trinajstić information content (AvgIpc) is 2.84. The largest absolute Gasteiger partial charge is 0.493 e. The Labute approximate surface area is 132 Å². The summed E-state index contributed by atoms with van der Waals surface area (Å²) in [6, 6.07) is 14.2. The summed E-state index contributed by atoms with van der Waals surface area (Å²) in [5.41, 5.74) is 1.13. The smallest absolute Gasteiger partial charge is 0.161 e. The Balaban J connectivity index is 1.99. The van der Waals surface area contributed by atoms with Crippen molar-refractivity contribution >= 4 is 33.8 Å². The van der Waals surface area contributed by atoms with Gasteiger partial charge in [-0.1, -0.05) is 48.0 Å². The number of ether oxygens (including phenoxy) is 2. The van der Waals surface area contributed by atoms with E-state index in [0.717, 1.165) is 33.6 Å². The molecule has 1 aromatic heterocycles. The molecule has 0 amide bonds. The van der Waals surface area contributed by atoms with Crippen LogP contribution in [0.15, 0.2) is 42.5 Å². The summed E-state index contributed by atoms with van der Waals surface area (Å²) in [5, 5.41) is 1.14. The molecule has 1 heterocycles. The maximum atomic E-state index is 5.55. The van der Waals surface area contributed by atoms with E-state index in [-0.39, 0.29) is 0 Å². The van der Waals surface area contributed by atoms with Gasteiger partial charge in [0.2, 0.25) is 0 Å². The fraction of sp³-hybridized carbons (Fsp3) is 0.188. The van der Waals surface area contributed by atoms with E-state index in [4.69, 9.17) is 21.7 Å². The third-order valence-electron chi connectivity index (χ3n) is 3.33. The van der Waals surface area contributed by atoms with Gasteiger partial charge in [0.05, 0.1) is 25.5 Å². The Kier molecular flexibility index (Phi) is 3.94. The zero-order valence-electron chi connectivity index (χ0n) is 11.8. The van der Waals surface area contributed by atoms with Crippen molar-refractivity contribution in [1.82, 2.24) is 3.96 Å². The highest BCUT2D eigenvalue weighted by Gasteiger charge is 2.08. The minimum Gasteiger partial charge on any atom is -0.493 e. The van der Waals surface area contributed by atoms with Crippen molar-refractivity contribution < 1.29 is 9.47 Å². The molecule has 21 heavy (non-hydrogen) atoms. The van der Waals surface area contributed by atoms with Crippen LogP contribution in [0.5, 0.6) is 11.5 Å². The molecule has 0 aliphatic rings. The van der Waals surface area contributed by atoms with Gasteiger partial charge in [0.1, 0.15) is 4.64 Å². The molecule has 0 N–H and O–H groups in total.